The number of amides is 1. The van der Waals surface area contributed by atoms with Crippen molar-refractivity contribution in [2.75, 3.05) is 19.6 Å². The summed E-state index contributed by atoms with van der Waals surface area (Å²) >= 11 is 0. The molecule has 0 spiro atoms. The van der Waals surface area contributed by atoms with Crippen LogP contribution in [-0.4, -0.2) is 41.2 Å². The van der Waals surface area contributed by atoms with Crippen molar-refractivity contribution in [2.24, 2.45) is 0 Å². The first-order chi connectivity index (χ1) is 12.1. The summed E-state index contributed by atoms with van der Waals surface area (Å²) in [5, 5.41) is 3.33. The van der Waals surface area contributed by atoms with Crippen LogP contribution in [0, 0.1) is 6.92 Å². The lowest BCUT2D eigenvalue weighted by atomic mass is 10.0. The zero-order valence-electron chi connectivity index (χ0n) is 14.4. The molecule has 1 fully saturated rings. The van der Waals surface area contributed by atoms with Crippen LogP contribution in [0.3, 0.4) is 0 Å². The smallest absolute Gasteiger partial charge is 0.223 e. The third kappa shape index (κ3) is 4.31. The highest BCUT2D eigenvalue weighted by molar-refractivity contribution is 5.98. The molecule has 25 heavy (non-hydrogen) atoms. The molecule has 1 aliphatic heterocycles. The fourth-order valence-corrected chi connectivity index (χ4v) is 3.12. The SMILES string of the molecule is Cc1ccc(C(=O)CCC(=O)N2CCNCC2c2cccnc2)cc1. The predicted molar refractivity (Wildman–Crippen MR) is 96.3 cm³/mol. The summed E-state index contributed by atoms with van der Waals surface area (Å²) in [6.45, 7) is 4.12. The summed E-state index contributed by atoms with van der Waals surface area (Å²) in [6, 6.07) is 11.3. The normalized spacial score (nSPS) is 17.3. The number of aromatic nitrogens is 1. The molecule has 1 unspecified atom stereocenters. The predicted octanol–water partition coefficient (Wildman–Crippen LogP) is 2.53. The number of Topliss-reactive ketones (excluding diaryl/α,β-unsaturated/α-hetero) is 1. The average Bonchev–Trinajstić information content (AvgIpc) is 2.67. The van der Waals surface area contributed by atoms with Crippen LogP contribution in [0.25, 0.3) is 0 Å². The van der Waals surface area contributed by atoms with Gasteiger partial charge in [-0.25, -0.2) is 0 Å². The number of hydrogen-bond acceptors (Lipinski definition) is 4. The lowest BCUT2D eigenvalue weighted by Gasteiger charge is -2.36. The quantitative estimate of drug-likeness (QED) is 0.852. The molecular formula is C20H23N3O2. The highest BCUT2D eigenvalue weighted by atomic mass is 16.2. The molecule has 0 saturated carbocycles. The Kier molecular flexibility index (Phi) is 5.56. The Morgan fingerprint density at radius 1 is 1.20 bits per heavy atom. The lowest BCUT2D eigenvalue weighted by molar-refractivity contribution is -0.134. The van der Waals surface area contributed by atoms with Gasteiger partial charge in [-0.1, -0.05) is 35.9 Å². The van der Waals surface area contributed by atoms with Gasteiger partial charge in [-0.05, 0) is 18.6 Å². The second kappa shape index (κ2) is 8.03. The standard InChI is InChI=1S/C20H23N3O2/c1-15-4-6-16(7-5-15)19(24)8-9-20(25)23-12-11-22-14-18(23)17-3-2-10-21-13-17/h2-7,10,13,18,22H,8-9,11-12,14H2,1H3. The van der Waals surface area contributed by atoms with Crippen LogP contribution in [-0.2, 0) is 4.79 Å². The van der Waals surface area contributed by atoms with Gasteiger partial charge in [0.1, 0.15) is 0 Å². The molecular weight excluding hydrogens is 314 g/mol. The largest absolute Gasteiger partial charge is 0.333 e. The summed E-state index contributed by atoms with van der Waals surface area (Å²) in [4.78, 5) is 31.0. The minimum Gasteiger partial charge on any atom is -0.333 e. The van der Waals surface area contributed by atoms with Crippen LogP contribution in [0.1, 0.15) is 40.4 Å². The Morgan fingerprint density at radius 3 is 2.72 bits per heavy atom. The Bertz CT molecular complexity index is 728. The molecule has 1 atom stereocenters. The minimum absolute atomic E-state index is 0.0152. The number of rotatable bonds is 5. The van der Waals surface area contributed by atoms with E-state index in [1.165, 1.54) is 0 Å². The molecule has 1 N–H and O–H groups in total. The molecule has 2 heterocycles. The lowest BCUT2D eigenvalue weighted by Crippen LogP contribution is -2.48. The van der Waals surface area contributed by atoms with E-state index in [9.17, 15) is 9.59 Å². The molecule has 1 saturated heterocycles. The molecule has 0 aliphatic carbocycles. The molecule has 2 aromatic rings. The first kappa shape index (κ1) is 17.3. The van der Waals surface area contributed by atoms with Gasteiger partial charge in [0.15, 0.2) is 5.78 Å². The number of carbonyl (C=O) groups excluding carboxylic acids is 2. The molecule has 1 amide bonds. The average molecular weight is 337 g/mol. The second-order valence-electron chi connectivity index (χ2n) is 6.38. The monoisotopic (exact) mass is 337 g/mol. The number of aryl methyl sites for hydroxylation is 1. The van der Waals surface area contributed by atoms with Crippen LogP contribution >= 0.6 is 0 Å². The molecule has 5 nitrogen and oxygen atoms in total. The van der Waals surface area contributed by atoms with Crippen LogP contribution in [0.5, 0.6) is 0 Å². The van der Waals surface area contributed by atoms with Crippen molar-refractivity contribution < 1.29 is 9.59 Å². The topological polar surface area (TPSA) is 62.3 Å². The second-order valence-corrected chi connectivity index (χ2v) is 6.38. The number of nitrogens with zero attached hydrogens (tertiary/aromatic N) is 2. The van der Waals surface area contributed by atoms with Gasteiger partial charge < -0.3 is 10.2 Å². The fraction of sp³-hybridized carbons (Fsp3) is 0.350. The summed E-state index contributed by atoms with van der Waals surface area (Å²) in [6.07, 6.45) is 4.01. The van der Waals surface area contributed by atoms with Crippen molar-refractivity contribution in [3.63, 3.8) is 0 Å². The van der Waals surface area contributed by atoms with Gasteiger partial charge in [0.2, 0.25) is 5.91 Å². The van der Waals surface area contributed by atoms with E-state index < -0.39 is 0 Å². The Hall–Kier alpha value is -2.53. The summed E-state index contributed by atoms with van der Waals surface area (Å²) in [7, 11) is 0. The van der Waals surface area contributed by atoms with Crippen molar-refractivity contribution in [3.8, 4) is 0 Å². The van der Waals surface area contributed by atoms with Gasteiger partial charge in [-0.2, -0.15) is 0 Å². The van der Waals surface area contributed by atoms with E-state index in [2.05, 4.69) is 10.3 Å². The highest BCUT2D eigenvalue weighted by Gasteiger charge is 2.28. The number of carbonyl (C=O) groups is 2. The number of ketones is 1. The van der Waals surface area contributed by atoms with Crippen molar-refractivity contribution in [1.29, 1.82) is 0 Å². The Morgan fingerprint density at radius 2 is 2.00 bits per heavy atom. The summed E-state index contributed by atoms with van der Waals surface area (Å²) in [5.74, 6) is 0.0391. The van der Waals surface area contributed by atoms with Gasteiger partial charge in [0.25, 0.3) is 0 Å². The summed E-state index contributed by atoms with van der Waals surface area (Å²) < 4.78 is 0. The summed E-state index contributed by atoms with van der Waals surface area (Å²) in [5.41, 5.74) is 2.81. The van der Waals surface area contributed by atoms with E-state index in [0.29, 0.717) is 18.7 Å². The van der Waals surface area contributed by atoms with Crippen molar-refractivity contribution in [2.45, 2.75) is 25.8 Å². The van der Waals surface area contributed by atoms with Crippen LogP contribution in [0.2, 0.25) is 0 Å². The Balaban J connectivity index is 1.63. The molecule has 130 valence electrons. The third-order valence-corrected chi connectivity index (χ3v) is 4.57. The van der Waals surface area contributed by atoms with Gasteiger partial charge in [0.05, 0.1) is 6.04 Å². The molecule has 5 heteroatoms. The van der Waals surface area contributed by atoms with E-state index in [1.54, 1.807) is 12.4 Å². The number of pyridine rings is 1. The minimum atomic E-state index is -0.0237. The van der Waals surface area contributed by atoms with E-state index in [4.69, 9.17) is 0 Å². The van der Waals surface area contributed by atoms with Gasteiger partial charge in [-0.3, -0.25) is 14.6 Å². The van der Waals surface area contributed by atoms with Crippen molar-refractivity contribution in [1.82, 2.24) is 15.2 Å². The first-order valence-electron chi connectivity index (χ1n) is 8.65. The van der Waals surface area contributed by atoms with E-state index >= 15 is 0 Å². The maximum atomic E-state index is 12.7. The van der Waals surface area contributed by atoms with Gasteiger partial charge in [-0.15, -0.1) is 0 Å². The number of hydrogen-bond donors (Lipinski definition) is 1. The molecule has 0 bridgehead atoms. The molecule has 3 rings (SSSR count). The third-order valence-electron chi connectivity index (χ3n) is 4.57. The number of piperazine rings is 1. The van der Waals surface area contributed by atoms with Crippen molar-refractivity contribution in [3.05, 3.63) is 65.5 Å². The van der Waals surface area contributed by atoms with Crippen LogP contribution in [0.4, 0.5) is 0 Å². The molecule has 1 aromatic heterocycles. The maximum Gasteiger partial charge on any atom is 0.223 e. The fourth-order valence-electron chi connectivity index (χ4n) is 3.12. The Labute approximate surface area is 148 Å². The zero-order valence-corrected chi connectivity index (χ0v) is 14.4. The van der Waals surface area contributed by atoms with Crippen LogP contribution in [0.15, 0.2) is 48.8 Å². The van der Waals surface area contributed by atoms with Gasteiger partial charge in [0, 0.05) is 50.4 Å². The van der Waals surface area contributed by atoms with Crippen LogP contribution < -0.4 is 5.32 Å². The van der Waals surface area contributed by atoms with E-state index in [1.807, 2.05) is 48.2 Å². The number of nitrogens with one attached hydrogen (secondary N) is 1. The number of benzene rings is 1. The molecule has 1 aliphatic rings. The highest BCUT2D eigenvalue weighted by Crippen LogP contribution is 2.22. The van der Waals surface area contributed by atoms with E-state index in [-0.39, 0.29) is 30.6 Å². The van der Waals surface area contributed by atoms with Gasteiger partial charge >= 0.3 is 0 Å². The first-order valence-corrected chi connectivity index (χ1v) is 8.65. The van der Waals surface area contributed by atoms with E-state index in [0.717, 1.165) is 17.7 Å². The van der Waals surface area contributed by atoms with Crippen molar-refractivity contribution >= 4 is 11.7 Å². The molecule has 0 radical (unpaired) electrons. The zero-order chi connectivity index (χ0) is 17.6. The maximum absolute atomic E-state index is 12.7. The molecule has 1 aromatic carbocycles.